The normalized spacial score (nSPS) is 18.7. The lowest BCUT2D eigenvalue weighted by molar-refractivity contribution is -0.154. The van der Waals surface area contributed by atoms with Crippen molar-refractivity contribution in [3.63, 3.8) is 0 Å². The maximum atomic E-state index is 11.7. The van der Waals surface area contributed by atoms with Crippen LogP contribution >= 0.6 is 0 Å². The van der Waals surface area contributed by atoms with Gasteiger partial charge in [-0.2, -0.15) is 0 Å². The quantitative estimate of drug-likeness (QED) is 0.799. The number of likely N-dealkylation sites (tertiary alicyclic amines) is 1. The van der Waals surface area contributed by atoms with Crippen LogP contribution in [0.15, 0.2) is 0 Å². The molecule has 0 aromatic carbocycles. The molecule has 1 aliphatic rings. The number of carboxylic acids is 1. The van der Waals surface area contributed by atoms with E-state index in [9.17, 15) is 9.59 Å². The molecule has 0 saturated carbocycles. The van der Waals surface area contributed by atoms with Crippen molar-refractivity contribution < 1.29 is 19.4 Å². The highest BCUT2D eigenvalue weighted by Gasteiger charge is 2.37. The zero-order valence-corrected chi connectivity index (χ0v) is 10.9. The lowest BCUT2D eigenvalue weighted by Crippen LogP contribution is -2.54. The molecule has 1 heterocycles. The van der Waals surface area contributed by atoms with E-state index in [1.54, 1.807) is 11.8 Å². The number of amides is 1. The van der Waals surface area contributed by atoms with Crippen molar-refractivity contribution in [1.82, 2.24) is 4.90 Å². The van der Waals surface area contributed by atoms with Crippen molar-refractivity contribution in [2.75, 3.05) is 19.7 Å². The molecular weight excluding hydrogens is 222 g/mol. The Labute approximate surface area is 102 Å². The largest absolute Gasteiger partial charge is 0.481 e. The molecular formula is C12H21NO4. The van der Waals surface area contributed by atoms with Gasteiger partial charge in [0.25, 0.3) is 0 Å². The Bertz CT molecular complexity index is 302. The topological polar surface area (TPSA) is 66.8 Å². The second-order valence-electron chi connectivity index (χ2n) is 5.59. The summed E-state index contributed by atoms with van der Waals surface area (Å²) in [5.41, 5.74) is -0.325. The van der Waals surface area contributed by atoms with Gasteiger partial charge in [0, 0.05) is 19.0 Å². The Hall–Kier alpha value is -1.10. The summed E-state index contributed by atoms with van der Waals surface area (Å²) < 4.78 is 5.38. The highest BCUT2D eigenvalue weighted by molar-refractivity contribution is 5.79. The van der Waals surface area contributed by atoms with Crippen molar-refractivity contribution in [3.8, 4) is 0 Å². The molecule has 0 aromatic heterocycles. The average molecular weight is 243 g/mol. The van der Waals surface area contributed by atoms with Gasteiger partial charge >= 0.3 is 5.97 Å². The smallest absolute Gasteiger partial charge is 0.306 e. The minimum absolute atomic E-state index is 0.0613. The third kappa shape index (κ3) is 4.00. The molecule has 1 amide bonds. The lowest BCUT2D eigenvalue weighted by Gasteiger charge is -2.41. The maximum Gasteiger partial charge on any atom is 0.306 e. The van der Waals surface area contributed by atoms with E-state index in [2.05, 4.69) is 0 Å². The summed E-state index contributed by atoms with van der Waals surface area (Å²) in [4.78, 5) is 24.1. The van der Waals surface area contributed by atoms with E-state index >= 15 is 0 Å². The van der Waals surface area contributed by atoms with Crippen LogP contribution in [0.25, 0.3) is 0 Å². The lowest BCUT2D eigenvalue weighted by atomic mass is 9.87. The van der Waals surface area contributed by atoms with Crippen LogP contribution in [0, 0.1) is 11.8 Å². The van der Waals surface area contributed by atoms with Crippen LogP contribution in [-0.2, 0) is 14.3 Å². The van der Waals surface area contributed by atoms with Gasteiger partial charge in [-0.3, -0.25) is 9.59 Å². The molecule has 1 saturated heterocycles. The molecule has 5 heteroatoms. The van der Waals surface area contributed by atoms with Crippen molar-refractivity contribution in [2.45, 2.75) is 33.3 Å². The highest BCUT2D eigenvalue weighted by Crippen LogP contribution is 2.24. The van der Waals surface area contributed by atoms with E-state index in [0.717, 1.165) is 0 Å². The van der Waals surface area contributed by atoms with Gasteiger partial charge in [0.2, 0.25) is 5.91 Å². The van der Waals surface area contributed by atoms with Crippen molar-refractivity contribution in [3.05, 3.63) is 0 Å². The summed E-state index contributed by atoms with van der Waals surface area (Å²) >= 11 is 0. The molecule has 0 aliphatic carbocycles. The van der Waals surface area contributed by atoms with Gasteiger partial charge in [-0.05, 0) is 20.8 Å². The Morgan fingerprint density at radius 2 is 1.94 bits per heavy atom. The SMILES string of the molecule is CC(C(=O)O)C1CN(C(=O)COC(C)(C)C)C1. The number of aliphatic carboxylic acids is 1. The van der Waals surface area contributed by atoms with Gasteiger partial charge in [0.05, 0.1) is 11.5 Å². The number of carboxylic acid groups (broad SMARTS) is 1. The van der Waals surface area contributed by atoms with E-state index in [4.69, 9.17) is 9.84 Å². The average Bonchev–Trinajstić information content (AvgIpc) is 2.10. The first-order valence-corrected chi connectivity index (χ1v) is 5.85. The first kappa shape index (κ1) is 14.0. The zero-order chi connectivity index (χ0) is 13.2. The number of carbonyl (C=O) groups excluding carboxylic acids is 1. The van der Waals surface area contributed by atoms with Gasteiger partial charge < -0.3 is 14.7 Å². The molecule has 1 fully saturated rings. The molecule has 0 aromatic rings. The molecule has 5 nitrogen and oxygen atoms in total. The number of ether oxygens (including phenoxy) is 1. The molecule has 1 atom stereocenters. The van der Waals surface area contributed by atoms with Crippen molar-refractivity contribution in [2.24, 2.45) is 11.8 Å². The van der Waals surface area contributed by atoms with Crippen LogP contribution in [0.3, 0.4) is 0 Å². The third-order valence-corrected chi connectivity index (χ3v) is 2.99. The number of nitrogens with zero attached hydrogens (tertiary/aromatic N) is 1. The minimum atomic E-state index is -0.798. The molecule has 0 spiro atoms. The van der Waals surface area contributed by atoms with Crippen molar-refractivity contribution in [1.29, 1.82) is 0 Å². The third-order valence-electron chi connectivity index (χ3n) is 2.99. The first-order chi connectivity index (χ1) is 7.70. The van der Waals surface area contributed by atoms with Crippen LogP contribution in [0.2, 0.25) is 0 Å². The second-order valence-corrected chi connectivity index (χ2v) is 5.59. The molecule has 1 N–H and O–H groups in total. The number of rotatable bonds is 4. The highest BCUT2D eigenvalue weighted by atomic mass is 16.5. The van der Waals surface area contributed by atoms with Gasteiger partial charge in [-0.25, -0.2) is 0 Å². The molecule has 0 radical (unpaired) electrons. The predicted octanol–water partition coefficient (Wildman–Crippen LogP) is 0.981. The summed E-state index contributed by atoms with van der Waals surface area (Å²) in [6.07, 6.45) is 0. The van der Waals surface area contributed by atoms with E-state index in [0.29, 0.717) is 13.1 Å². The van der Waals surface area contributed by atoms with E-state index in [-0.39, 0.29) is 30.0 Å². The molecule has 1 aliphatic heterocycles. The standard InChI is InChI=1S/C12H21NO4/c1-8(11(15)16)9-5-13(6-9)10(14)7-17-12(2,3)4/h8-9H,5-7H2,1-4H3,(H,15,16). The van der Waals surface area contributed by atoms with Gasteiger partial charge in [0.1, 0.15) is 6.61 Å². The Balaban J connectivity index is 2.28. The summed E-state index contributed by atoms with van der Waals surface area (Å²) in [5, 5.41) is 8.82. The Morgan fingerprint density at radius 1 is 1.41 bits per heavy atom. The van der Waals surface area contributed by atoms with Crippen LogP contribution < -0.4 is 0 Å². The fourth-order valence-electron chi connectivity index (χ4n) is 1.60. The monoisotopic (exact) mass is 243 g/mol. The predicted molar refractivity (Wildman–Crippen MR) is 62.6 cm³/mol. The first-order valence-electron chi connectivity index (χ1n) is 5.85. The van der Waals surface area contributed by atoms with E-state index < -0.39 is 5.97 Å². The fraction of sp³-hybridized carbons (Fsp3) is 0.833. The number of hydrogen-bond acceptors (Lipinski definition) is 3. The van der Waals surface area contributed by atoms with Crippen LogP contribution in [0.4, 0.5) is 0 Å². The van der Waals surface area contributed by atoms with Gasteiger partial charge in [-0.1, -0.05) is 6.92 Å². The zero-order valence-electron chi connectivity index (χ0n) is 10.9. The molecule has 17 heavy (non-hydrogen) atoms. The van der Waals surface area contributed by atoms with Gasteiger partial charge in [0.15, 0.2) is 0 Å². The Kier molecular flexibility index (Phi) is 4.14. The van der Waals surface area contributed by atoms with Crippen LogP contribution in [0.5, 0.6) is 0 Å². The summed E-state index contributed by atoms with van der Waals surface area (Å²) in [7, 11) is 0. The Morgan fingerprint density at radius 3 is 2.35 bits per heavy atom. The van der Waals surface area contributed by atoms with Crippen molar-refractivity contribution >= 4 is 11.9 Å². The summed E-state index contributed by atoms with van der Waals surface area (Å²) in [6.45, 7) is 8.49. The van der Waals surface area contributed by atoms with Gasteiger partial charge in [-0.15, -0.1) is 0 Å². The molecule has 0 bridgehead atoms. The van der Waals surface area contributed by atoms with E-state index in [1.807, 2.05) is 20.8 Å². The molecule has 1 unspecified atom stereocenters. The maximum absolute atomic E-state index is 11.7. The molecule has 1 rings (SSSR count). The fourth-order valence-corrected chi connectivity index (χ4v) is 1.60. The summed E-state index contributed by atoms with van der Waals surface area (Å²) in [5.74, 6) is -1.17. The minimum Gasteiger partial charge on any atom is -0.481 e. The van der Waals surface area contributed by atoms with Crippen LogP contribution in [0.1, 0.15) is 27.7 Å². The second kappa shape index (κ2) is 5.04. The van der Waals surface area contributed by atoms with Crippen LogP contribution in [-0.4, -0.2) is 47.2 Å². The molecule has 98 valence electrons. The number of hydrogen-bond donors (Lipinski definition) is 1. The summed E-state index contributed by atoms with van der Waals surface area (Å²) in [6, 6.07) is 0. The number of carbonyl (C=O) groups is 2. The van der Waals surface area contributed by atoms with E-state index in [1.165, 1.54) is 0 Å².